The summed E-state index contributed by atoms with van der Waals surface area (Å²) in [5.41, 5.74) is 0.974. The van der Waals surface area contributed by atoms with Crippen LogP contribution in [0.25, 0.3) is 0 Å². The molecule has 0 aromatic rings. The third kappa shape index (κ3) is 12.0. The van der Waals surface area contributed by atoms with E-state index in [0.717, 1.165) is 32.1 Å². The summed E-state index contributed by atoms with van der Waals surface area (Å²) >= 11 is 0. The van der Waals surface area contributed by atoms with Gasteiger partial charge in [-0.3, -0.25) is 0 Å². The third-order valence-corrected chi connectivity index (χ3v) is 21.3. The number of hydrogen-bond acceptors (Lipinski definition) is 28. The van der Waals surface area contributed by atoms with Crippen molar-refractivity contribution in [1.29, 1.82) is 0 Å². The molecule has 28 heteroatoms. The largest absolute Gasteiger partial charge is 0.394 e. The number of aliphatic hydroxyl groups excluding tert-OH is 16. The molecule has 35 atom stereocenters. The molecule has 84 heavy (non-hydrogen) atoms. The van der Waals surface area contributed by atoms with Gasteiger partial charge in [0.05, 0.1) is 51.8 Å². The van der Waals surface area contributed by atoms with E-state index >= 15 is 0 Å². The van der Waals surface area contributed by atoms with E-state index in [9.17, 15) is 86.8 Å². The summed E-state index contributed by atoms with van der Waals surface area (Å²) in [5.74, 6) is -0.410. The lowest BCUT2D eigenvalue weighted by atomic mass is 9.47. The van der Waals surface area contributed by atoms with Crippen molar-refractivity contribution in [3.05, 3.63) is 11.6 Å². The number of allylic oxidation sites excluding steroid dienone is 1. The lowest BCUT2D eigenvalue weighted by molar-refractivity contribution is -0.403. The first-order valence-electron chi connectivity index (χ1n) is 30.0. The molecule has 10 aliphatic rings. The monoisotopic (exact) mass is 1210 g/mol. The Labute approximate surface area is 486 Å². The Bertz CT molecular complexity index is 2200. The first kappa shape index (κ1) is 65.6. The van der Waals surface area contributed by atoms with Crippen molar-refractivity contribution < 1.29 is 139 Å². The Hall–Kier alpha value is -1.38. The highest BCUT2D eigenvalue weighted by atomic mass is 16.8. The summed E-state index contributed by atoms with van der Waals surface area (Å²) < 4.78 is 65.8. The van der Waals surface area contributed by atoms with Crippen LogP contribution in [0.3, 0.4) is 0 Å². The molecule has 0 aromatic heterocycles. The average molecular weight is 1210 g/mol. The van der Waals surface area contributed by atoms with Gasteiger partial charge in [0.1, 0.15) is 116 Å². The molecule has 484 valence electrons. The van der Waals surface area contributed by atoms with Gasteiger partial charge in [-0.2, -0.15) is 0 Å². The fourth-order valence-corrected chi connectivity index (χ4v) is 16.2. The van der Waals surface area contributed by atoms with Crippen molar-refractivity contribution in [3.8, 4) is 0 Å². The van der Waals surface area contributed by atoms with Gasteiger partial charge in [-0.25, -0.2) is 0 Å². The highest BCUT2D eigenvalue weighted by molar-refractivity contribution is 5.26. The van der Waals surface area contributed by atoms with E-state index in [0.29, 0.717) is 43.4 Å². The predicted molar refractivity (Wildman–Crippen MR) is 278 cm³/mol. The van der Waals surface area contributed by atoms with Gasteiger partial charge in [-0.1, -0.05) is 39.3 Å². The van der Waals surface area contributed by atoms with Crippen LogP contribution in [0, 0.1) is 46.3 Å². The van der Waals surface area contributed by atoms with E-state index < -0.39 is 192 Å². The van der Waals surface area contributed by atoms with E-state index in [1.807, 2.05) is 6.92 Å². The summed E-state index contributed by atoms with van der Waals surface area (Å²) in [4.78, 5) is 0. The van der Waals surface area contributed by atoms with E-state index in [4.69, 9.17) is 52.1 Å². The molecule has 9 fully saturated rings. The quantitative estimate of drug-likeness (QED) is 0.0569. The van der Waals surface area contributed by atoms with Gasteiger partial charge in [0.2, 0.25) is 0 Å². The molecular formula is C56H92O28. The maximum atomic E-state index is 12.1. The summed E-state index contributed by atoms with van der Waals surface area (Å²) in [5, 5.41) is 182. The lowest BCUT2D eigenvalue weighted by Gasteiger charge is -2.58. The van der Waals surface area contributed by atoms with Crippen LogP contribution in [0.4, 0.5) is 0 Å². The summed E-state index contributed by atoms with van der Waals surface area (Å²) in [6.07, 6.45) is -32.5. The lowest BCUT2D eigenvalue weighted by Crippen LogP contribution is -2.68. The minimum absolute atomic E-state index is 0.0857. The molecule has 0 radical (unpaired) electrons. The van der Waals surface area contributed by atoms with E-state index in [-0.39, 0.29) is 41.3 Å². The molecule has 6 heterocycles. The first-order valence-corrected chi connectivity index (χ1v) is 30.0. The number of fused-ring (bicyclic) bond motifs is 7. The van der Waals surface area contributed by atoms with Gasteiger partial charge in [0.15, 0.2) is 37.2 Å². The highest BCUT2D eigenvalue weighted by Crippen LogP contribution is 2.70. The molecule has 17 N–H and O–H groups in total. The van der Waals surface area contributed by atoms with Crippen LogP contribution >= 0.6 is 0 Å². The summed E-state index contributed by atoms with van der Waals surface area (Å²) in [6.45, 7) is 5.17. The number of aliphatic hydroxyl groups is 17. The minimum atomic E-state index is -2.03. The van der Waals surface area contributed by atoms with Gasteiger partial charge >= 0.3 is 0 Å². The average Bonchev–Trinajstić information content (AvgIpc) is 2.08. The van der Waals surface area contributed by atoms with E-state index in [1.165, 1.54) is 5.57 Å². The first-order chi connectivity index (χ1) is 39.8. The standard InChI is InChI=1S/C56H92O28/c1-21(19-74-49-43(70)39(66)36(63)30(15-57)77-49)7-12-56(73)22(2)34-29(84-56)14-27-25-6-5-23-13-24(8-10-54(23,3)26(25)9-11-55(27,34)4)76-51-45(72)41(68)46(33(18-60)80-51)81-53-48(83-52-44(71)40(67)37(64)31(16-58)78-52)47(38(65)32(17-59)79-53)82-50-42(69)35(62)28(61)20-75-50/h5,21-22,24-53,57-73H,6-20H2,1-4H3. The van der Waals surface area contributed by atoms with Crippen molar-refractivity contribution >= 4 is 0 Å². The Morgan fingerprint density at radius 3 is 1.81 bits per heavy atom. The molecule has 28 nitrogen and oxygen atoms in total. The van der Waals surface area contributed by atoms with Crippen molar-refractivity contribution in [3.63, 3.8) is 0 Å². The smallest absolute Gasteiger partial charge is 0.187 e. The Morgan fingerprint density at radius 1 is 0.583 bits per heavy atom. The zero-order valence-corrected chi connectivity index (χ0v) is 47.8. The van der Waals surface area contributed by atoms with Gasteiger partial charge in [0, 0.05) is 12.3 Å². The molecule has 4 aliphatic carbocycles. The predicted octanol–water partition coefficient (Wildman–Crippen LogP) is -5.57. The molecule has 0 bridgehead atoms. The van der Waals surface area contributed by atoms with Crippen molar-refractivity contribution in [2.24, 2.45) is 46.3 Å². The van der Waals surface area contributed by atoms with Crippen LogP contribution in [-0.2, 0) is 52.1 Å². The fraction of sp³-hybridized carbons (Fsp3) is 0.964. The zero-order valence-electron chi connectivity index (χ0n) is 47.8. The Morgan fingerprint density at radius 2 is 1.14 bits per heavy atom. The third-order valence-electron chi connectivity index (χ3n) is 21.3. The number of ether oxygens (including phenoxy) is 11. The zero-order chi connectivity index (χ0) is 60.6. The number of hydrogen-bond donors (Lipinski definition) is 17. The molecule has 10 rings (SSSR count). The maximum absolute atomic E-state index is 12.1. The molecule has 0 spiro atoms. The van der Waals surface area contributed by atoms with Crippen molar-refractivity contribution in [2.45, 2.75) is 251 Å². The second-order valence-corrected chi connectivity index (χ2v) is 26.2. The molecule has 35 unspecified atom stereocenters. The molecule has 3 saturated carbocycles. The highest BCUT2D eigenvalue weighted by Gasteiger charge is 2.68. The van der Waals surface area contributed by atoms with Crippen LogP contribution in [0.1, 0.15) is 85.5 Å². The second-order valence-electron chi connectivity index (χ2n) is 26.2. The number of rotatable bonds is 18. The van der Waals surface area contributed by atoms with E-state index in [1.54, 1.807) is 0 Å². The van der Waals surface area contributed by atoms with Crippen molar-refractivity contribution in [2.75, 3.05) is 39.6 Å². The van der Waals surface area contributed by atoms with Crippen LogP contribution < -0.4 is 0 Å². The maximum Gasteiger partial charge on any atom is 0.187 e. The van der Waals surface area contributed by atoms with Crippen LogP contribution in [-0.4, -0.2) is 292 Å². The van der Waals surface area contributed by atoms with Gasteiger partial charge < -0.3 is 139 Å². The van der Waals surface area contributed by atoms with Gasteiger partial charge in [-0.05, 0) is 91.8 Å². The molecule has 6 saturated heterocycles. The fourth-order valence-electron chi connectivity index (χ4n) is 16.2. The molecule has 6 aliphatic heterocycles. The summed E-state index contributed by atoms with van der Waals surface area (Å²) in [6, 6.07) is 0. The van der Waals surface area contributed by atoms with Crippen molar-refractivity contribution in [1.82, 2.24) is 0 Å². The normalized spacial score (nSPS) is 54.4. The minimum Gasteiger partial charge on any atom is -0.394 e. The SMILES string of the molecule is CC(CCC1(O)OC2CC3C4CC=C5CC(OC6OC(CO)C(OC7OC(CO)C(O)C(OC8OCC(O)C(O)C8O)C7OC7OC(CO)C(O)C(O)C7O)C(O)C6O)CCC5(C)C4CCC3(C)C2C1C)COC1OC(CO)C(O)C(O)C1O. The molecule has 0 aromatic carbocycles. The van der Waals surface area contributed by atoms with Crippen LogP contribution in [0.5, 0.6) is 0 Å². The Kier molecular flexibility index (Phi) is 20.4. The molecular weight excluding hydrogens is 1120 g/mol. The Balaban J connectivity index is 0.772. The van der Waals surface area contributed by atoms with Gasteiger partial charge in [0.25, 0.3) is 0 Å². The topological polar surface area (TPSA) is 445 Å². The second kappa shape index (κ2) is 26.1. The van der Waals surface area contributed by atoms with Gasteiger partial charge in [-0.15, -0.1) is 0 Å². The van der Waals surface area contributed by atoms with Crippen LogP contribution in [0.2, 0.25) is 0 Å². The van der Waals surface area contributed by atoms with E-state index in [2.05, 4.69) is 26.8 Å². The summed E-state index contributed by atoms with van der Waals surface area (Å²) in [7, 11) is 0. The molecule has 0 amide bonds. The van der Waals surface area contributed by atoms with Crippen LogP contribution in [0.15, 0.2) is 11.6 Å².